The molecular formula is C9H11N. The Hall–Kier alpha value is -0.980. The molecule has 10 heavy (non-hydrogen) atoms. The van der Waals surface area contributed by atoms with Crippen molar-refractivity contribution >= 4 is 5.69 Å². The first-order valence-corrected chi connectivity index (χ1v) is 3.39. The molecule has 1 aromatic rings. The summed E-state index contributed by atoms with van der Waals surface area (Å²) in [5.41, 5.74) is 5.94. The normalized spacial score (nSPS) is 22.8. The molecule has 1 nitrogen and oxygen atoms in total. The quantitative estimate of drug-likeness (QED) is 0.590. The van der Waals surface area contributed by atoms with Crippen LogP contribution in [0.4, 0.5) is 5.69 Å². The zero-order valence-electron chi connectivity index (χ0n) is 9.57. The summed E-state index contributed by atoms with van der Waals surface area (Å²) in [6.07, 6.45) is 1.92. The predicted molar refractivity (Wildman–Crippen MR) is 42.8 cm³/mol. The van der Waals surface area contributed by atoms with Gasteiger partial charge >= 0.3 is 0 Å². The van der Waals surface area contributed by atoms with E-state index in [2.05, 4.69) is 0 Å². The van der Waals surface area contributed by atoms with E-state index in [9.17, 15) is 0 Å². The molecule has 0 spiro atoms. The van der Waals surface area contributed by atoms with Gasteiger partial charge in [-0.1, -0.05) is 12.1 Å². The molecule has 0 aliphatic heterocycles. The molecule has 0 radical (unpaired) electrons. The summed E-state index contributed by atoms with van der Waals surface area (Å²) >= 11 is 0. The number of nitrogen functional groups attached to an aromatic ring is 1. The summed E-state index contributed by atoms with van der Waals surface area (Å²) in [5.74, 6) is 0.212. The molecule has 1 aliphatic rings. The fraction of sp³-hybridized carbons (Fsp3) is 0.333. The molecule has 2 N–H and O–H groups in total. The highest BCUT2D eigenvalue weighted by molar-refractivity contribution is 5.41. The molecule has 1 saturated carbocycles. The topological polar surface area (TPSA) is 26.0 Å². The first kappa shape index (κ1) is 2.95. The van der Waals surface area contributed by atoms with Crippen molar-refractivity contribution in [3.63, 3.8) is 0 Å². The smallest absolute Gasteiger partial charge is 0.0645 e. The van der Waals surface area contributed by atoms with Gasteiger partial charge in [0.1, 0.15) is 0 Å². The van der Waals surface area contributed by atoms with Gasteiger partial charge in [-0.3, -0.25) is 0 Å². The van der Waals surface area contributed by atoms with E-state index in [0.717, 1.165) is 12.8 Å². The second kappa shape index (κ2) is 2.01. The molecule has 2 rings (SSSR count). The molecule has 0 amide bonds. The number of benzene rings is 1. The lowest BCUT2D eigenvalue weighted by atomic mass is 10.1. The minimum Gasteiger partial charge on any atom is -0.399 e. The molecule has 0 heterocycles. The van der Waals surface area contributed by atoms with Crippen LogP contribution in [0.25, 0.3) is 0 Å². The summed E-state index contributed by atoms with van der Waals surface area (Å²) in [4.78, 5) is 0. The fourth-order valence-corrected chi connectivity index (χ4v) is 0.908. The maximum absolute atomic E-state index is 7.67. The van der Waals surface area contributed by atoms with Gasteiger partial charge in [0.2, 0.25) is 0 Å². The molecule has 0 bridgehead atoms. The Labute approximate surface area is 66.5 Å². The molecule has 1 aromatic carbocycles. The largest absolute Gasteiger partial charge is 0.399 e. The third-order valence-electron chi connectivity index (χ3n) is 1.65. The SMILES string of the molecule is [2H]c1c([2H])c(C2CC2)c([2H])c([2H])c1N. The van der Waals surface area contributed by atoms with Crippen LogP contribution >= 0.6 is 0 Å². The fourth-order valence-electron chi connectivity index (χ4n) is 0.908. The van der Waals surface area contributed by atoms with Crippen LogP contribution in [-0.2, 0) is 0 Å². The third kappa shape index (κ3) is 0.991. The third-order valence-corrected chi connectivity index (χ3v) is 1.65. The molecule has 1 fully saturated rings. The van der Waals surface area contributed by atoms with Gasteiger partial charge in [-0.15, -0.1) is 0 Å². The van der Waals surface area contributed by atoms with Crippen LogP contribution in [-0.4, -0.2) is 0 Å². The standard InChI is InChI=1S/C9H11N/c10-9-5-3-8(4-6-9)7-1-2-7/h3-7H,1-2,10H2/i3D,4D,5D,6D. The summed E-state index contributed by atoms with van der Waals surface area (Å²) in [6.45, 7) is 0. The molecule has 1 heteroatoms. The monoisotopic (exact) mass is 137 g/mol. The average molecular weight is 137 g/mol. The maximum Gasteiger partial charge on any atom is 0.0645 e. The number of rotatable bonds is 1. The Kier molecular flexibility index (Phi) is 0.593. The van der Waals surface area contributed by atoms with Crippen molar-refractivity contribution in [1.82, 2.24) is 0 Å². The van der Waals surface area contributed by atoms with Crippen molar-refractivity contribution in [2.24, 2.45) is 0 Å². The Morgan fingerprint density at radius 2 is 1.90 bits per heavy atom. The molecule has 0 saturated heterocycles. The van der Waals surface area contributed by atoms with E-state index in [4.69, 9.17) is 11.2 Å². The van der Waals surface area contributed by atoms with Crippen molar-refractivity contribution in [2.75, 3.05) is 5.73 Å². The summed E-state index contributed by atoms with van der Waals surface area (Å²) < 4.78 is 30.4. The molecule has 0 unspecified atom stereocenters. The van der Waals surface area contributed by atoms with Gasteiger partial charge in [-0.25, -0.2) is 0 Å². The van der Waals surface area contributed by atoms with Crippen molar-refractivity contribution in [1.29, 1.82) is 0 Å². The van der Waals surface area contributed by atoms with Gasteiger partial charge in [0, 0.05) is 5.69 Å². The maximum atomic E-state index is 7.67. The van der Waals surface area contributed by atoms with Crippen LogP contribution in [0.3, 0.4) is 0 Å². The molecule has 0 atom stereocenters. The summed E-state index contributed by atoms with van der Waals surface area (Å²) in [6, 6.07) is -0.141. The second-order valence-electron chi connectivity index (χ2n) is 2.60. The van der Waals surface area contributed by atoms with Gasteiger partial charge in [-0.2, -0.15) is 0 Å². The van der Waals surface area contributed by atoms with Gasteiger partial charge < -0.3 is 5.73 Å². The molecular weight excluding hydrogens is 122 g/mol. The van der Waals surface area contributed by atoms with E-state index < -0.39 is 0 Å². The van der Waals surface area contributed by atoms with Crippen LogP contribution in [0, 0.1) is 0 Å². The van der Waals surface area contributed by atoms with Gasteiger partial charge in [-0.05, 0) is 36.4 Å². The average Bonchev–Trinajstić information content (AvgIpc) is 2.96. The lowest BCUT2D eigenvalue weighted by Gasteiger charge is -1.96. The second-order valence-corrected chi connectivity index (χ2v) is 2.60. The van der Waals surface area contributed by atoms with Crippen molar-refractivity contribution in [3.8, 4) is 0 Å². The minimum atomic E-state index is -0.104. The van der Waals surface area contributed by atoms with E-state index in [1.165, 1.54) is 0 Å². The zero-order chi connectivity index (χ0) is 10.5. The Bertz CT molecular complexity index is 369. The van der Waals surface area contributed by atoms with E-state index in [0.29, 0.717) is 5.56 Å². The van der Waals surface area contributed by atoms with E-state index in [1.807, 2.05) is 0 Å². The van der Waals surface area contributed by atoms with E-state index in [-0.39, 0.29) is 35.8 Å². The number of hydrogen-bond donors (Lipinski definition) is 1. The highest BCUT2D eigenvalue weighted by Crippen LogP contribution is 2.39. The van der Waals surface area contributed by atoms with Crippen LogP contribution in [0.2, 0.25) is 0 Å². The minimum absolute atomic E-state index is 0.0333. The lowest BCUT2D eigenvalue weighted by Crippen LogP contribution is -1.84. The Morgan fingerprint density at radius 1 is 1.30 bits per heavy atom. The number of hydrogen-bond acceptors (Lipinski definition) is 1. The number of nitrogens with two attached hydrogens (primary N) is 1. The van der Waals surface area contributed by atoms with Crippen molar-refractivity contribution in [2.45, 2.75) is 18.8 Å². The van der Waals surface area contributed by atoms with Crippen molar-refractivity contribution in [3.05, 3.63) is 29.7 Å². The predicted octanol–water partition coefficient (Wildman–Crippen LogP) is 2.15. The van der Waals surface area contributed by atoms with Crippen LogP contribution in [0.15, 0.2) is 24.2 Å². The summed E-state index contributed by atoms with van der Waals surface area (Å²) in [7, 11) is 0. The lowest BCUT2D eigenvalue weighted by molar-refractivity contribution is 1.13. The van der Waals surface area contributed by atoms with Gasteiger partial charge in [0.05, 0.1) is 5.48 Å². The highest BCUT2D eigenvalue weighted by atomic mass is 14.5. The Morgan fingerprint density at radius 3 is 2.40 bits per heavy atom. The molecule has 1 aliphatic carbocycles. The molecule has 52 valence electrons. The Balaban J connectivity index is 2.69. The molecule has 0 aromatic heterocycles. The van der Waals surface area contributed by atoms with Gasteiger partial charge in [0.25, 0.3) is 0 Å². The first-order chi connectivity index (χ1) is 6.54. The van der Waals surface area contributed by atoms with Crippen molar-refractivity contribution < 1.29 is 5.48 Å². The number of anilines is 1. The highest BCUT2D eigenvalue weighted by Gasteiger charge is 2.22. The van der Waals surface area contributed by atoms with Gasteiger partial charge in [0.15, 0.2) is 0 Å². The zero-order valence-corrected chi connectivity index (χ0v) is 5.57. The van der Waals surface area contributed by atoms with Crippen LogP contribution in [0.1, 0.15) is 29.8 Å². The first-order valence-electron chi connectivity index (χ1n) is 5.39. The van der Waals surface area contributed by atoms with Crippen LogP contribution < -0.4 is 5.73 Å². The summed E-state index contributed by atoms with van der Waals surface area (Å²) in [5, 5.41) is 0. The van der Waals surface area contributed by atoms with Crippen LogP contribution in [0.5, 0.6) is 0 Å². The van der Waals surface area contributed by atoms with E-state index in [1.54, 1.807) is 0 Å². The van der Waals surface area contributed by atoms with E-state index >= 15 is 0 Å².